The third-order valence-corrected chi connectivity index (χ3v) is 10.2. The van der Waals surface area contributed by atoms with E-state index in [1.165, 1.54) is 62.1 Å². The van der Waals surface area contributed by atoms with Crippen LogP contribution in [0, 0.1) is 20.8 Å². The Morgan fingerprint density at radius 1 is 0.266 bits per heavy atom. The number of rotatable bonds is 6. The summed E-state index contributed by atoms with van der Waals surface area (Å²) in [6.45, 7) is 3.97. The minimum atomic E-state index is -5.26. The fraction of sp³-hybridized carbons (Fsp3) is 0.200. The molecule has 0 radical (unpaired) electrons. The van der Waals surface area contributed by atoms with Crippen molar-refractivity contribution >= 4 is 17.1 Å². The highest BCUT2D eigenvalue weighted by Crippen LogP contribution is 2.48. The van der Waals surface area contributed by atoms with Crippen LogP contribution in [0.1, 0.15) is 50.1 Å². The highest BCUT2D eigenvalue weighted by molar-refractivity contribution is 5.85. The largest absolute Gasteiger partial charge is 0.417 e. The van der Waals surface area contributed by atoms with Crippen LogP contribution in [0.3, 0.4) is 0 Å². The summed E-state index contributed by atoms with van der Waals surface area (Å²) in [7, 11) is 0. The van der Waals surface area contributed by atoms with Crippen LogP contribution in [-0.4, -0.2) is 0 Å². The maximum Gasteiger partial charge on any atom is 0.417 e. The van der Waals surface area contributed by atoms with Crippen molar-refractivity contribution in [2.45, 2.75) is 57.8 Å². The minimum absolute atomic E-state index is 0.0496. The fourth-order valence-corrected chi connectivity index (χ4v) is 7.28. The quantitative estimate of drug-likeness (QED) is 0.151. The van der Waals surface area contributed by atoms with Crippen LogP contribution in [0.25, 0.3) is 33.4 Å². The summed E-state index contributed by atoms with van der Waals surface area (Å²) in [5.41, 5.74) is -11.6. The highest BCUT2D eigenvalue weighted by atomic mass is 19.4. The van der Waals surface area contributed by atoms with Crippen LogP contribution in [0.2, 0.25) is 0 Å². The van der Waals surface area contributed by atoms with Gasteiger partial charge in [0.15, 0.2) is 0 Å². The highest BCUT2D eigenvalue weighted by Gasteiger charge is 2.41. The van der Waals surface area contributed by atoms with Gasteiger partial charge in [0.1, 0.15) is 0 Å². The SMILES string of the molecule is Cc1cc(N(c2ccc(-c3ccc(C(F)(F)F)cc3C(F)(F)F)c(C)c2)c2ccc(-c3ccc(C(F)(F)F)cc3C(F)(F)F)c(C)c2)ccc1-c1ccc(C(F)(F)F)cc1C(F)(F)F. The summed E-state index contributed by atoms with van der Waals surface area (Å²) in [4.78, 5) is 1.36. The summed E-state index contributed by atoms with van der Waals surface area (Å²) in [6, 6.07) is 14.2. The Bertz CT molecular complexity index is 2430. The van der Waals surface area contributed by atoms with Gasteiger partial charge in [-0.15, -0.1) is 0 Å². The van der Waals surface area contributed by atoms with Crippen LogP contribution in [-0.2, 0) is 37.1 Å². The summed E-state index contributed by atoms with van der Waals surface area (Å²) >= 11 is 0. The van der Waals surface area contributed by atoms with E-state index in [-0.39, 0.29) is 68.6 Å². The van der Waals surface area contributed by atoms with Gasteiger partial charge in [-0.05, 0) is 144 Å². The van der Waals surface area contributed by atoms with E-state index in [1.807, 2.05) is 0 Å². The van der Waals surface area contributed by atoms with Gasteiger partial charge in [0.25, 0.3) is 0 Å². The Balaban J connectivity index is 1.55. The molecule has 0 unspecified atom stereocenters. The van der Waals surface area contributed by atoms with E-state index < -0.39 is 87.1 Å². The number of anilines is 3. The van der Waals surface area contributed by atoms with Gasteiger partial charge in [0.05, 0.1) is 33.4 Å². The lowest BCUT2D eigenvalue weighted by molar-refractivity contribution is -0.144. The Morgan fingerprint density at radius 2 is 0.484 bits per heavy atom. The number of alkyl halides is 18. The average Bonchev–Trinajstić information content (AvgIpc) is 3.15. The van der Waals surface area contributed by atoms with Crippen molar-refractivity contribution in [2.24, 2.45) is 0 Å². The molecule has 64 heavy (non-hydrogen) atoms. The van der Waals surface area contributed by atoms with Crippen molar-refractivity contribution in [3.05, 3.63) is 159 Å². The number of hydrogen-bond acceptors (Lipinski definition) is 1. The third-order valence-electron chi connectivity index (χ3n) is 10.2. The van der Waals surface area contributed by atoms with E-state index in [1.54, 1.807) is 0 Å². The van der Waals surface area contributed by atoms with E-state index in [9.17, 15) is 79.0 Å². The molecule has 0 aliphatic rings. The molecular formula is C45H27F18N. The Kier molecular flexibility index (Phi) is 11.9. The zero-order valence-electron chi connectivity index (χ0n) is 32.6. The van der Waals surface area contributed by atoms with E-state index >= 15 is 0 Å². The van der Waals surface area contributed by atoms with Crippen molar-refractivity contribution < 1.29 is 79.0 Å². The summed E-state index contributed by atoms with van der Waals surface area (Å²) in [5, 5.41) is 0. The normalized spacial score (nSPS) is 13.1. The Morgan fingerprint density at radius 3 is 0.672 bits per heavy atom. The second-order valence-corrected chi connectivity index (χ2v) is 14.6. The van der Waals surface area contributed by atoms with Gasteiger partial charge in [-0.1, -0.05) is 36.4 Å². The first kappa shape index (κ1) is 47.3. The van der Waals surface area contributed by atoms with Crippen LogP contribution in [0.4, 0.5) is 96.1 Å². The second kappa shape index (κ2) is 16.1. The minimum Gasteiger partial charge on any atom is -0.310 e. The lowest BCUT2D eigenvalue weighted by Crippen LogP contribution is -2.14. The number of benzene rings is 6. The zero-order valence-corrected chi connectivity index (χ0v) is 32.6. The molecule has 0 saturated heterocycles. The van der Waals surface area contributed by atoms with Crippen LogP contribution in [0.15, 0.2) is 109 Å². The van der Waals surface area contributed by atoms with E-state index in [4.69, 9.17) is 0 Å². The zero-order chi connectivity index (χ0) is 47.7. The van der Waals surface area contributed by atoms with Gasteiger partial charge in [0, 0.05) is 17.1 Å². The first-order valence-electron chi connectivity index (χ1n) is 18.3. The number of halogens is 18. The predicted octanol–water partition coefficient (Wildman–Crippen LogP) is 17.2. The van der Waals surface area contributed by atoms with Crippen molar-refractivity contribution in [3.8, 4) is 33.4 Å². The number of hydrogen-bond donors (Lipinski definition) is 0. The van der Waals surface area contributed by atoms with Gasteiger partial charge in [-0.25, -0.2) is 0 Å². The lowest BCUT2D eigenvalue weighted by Gasteiger charge is -2.28. The maximum absolute atomic E-state index is 14.2. The molecule has 6 aromatic rings. The van der Waals surface area contributed by atoms with Crippen molar-refractivity contribution in [2.75, 3.05) is 4.90 Å². The van der Waals surface area contributed by atoms with E-state index in [2.05, 4.69) is 0 Å². The molecule has 19 heteroatoms. The fourth-order valence-electron chi connectivity index (χ4n) is 7.28. The number of nitrogens with zero attached hydrogens (tertiary/aromatic N) is 1. The van der Waals surface area contributed by atoms with Gasteiger partial charge >= 0.3 is 37.1 Å². The molecular weight excluding hydrogens is 896 g/mol. The van der Waals surface area contributed by atoms with Crippen LogP contribution >= 0.6 is 0 Å². The topological polar surface area (TPSA) is 3.24 Å². The standard InChI is InChI=1S/C45H27F18N/c1-22-16-28(7-13-31(22)34-10-4-25(40(46,47)48)19-37(34)43(55,56)57)64(29-8-14-32(23(2)17-29)35-11-5-26(41(49,50)51)20-38(35)44(58,59)60)30-9-15-33(24(3)18-30)36-12-6-27(42(52,53)54)21-39(36)45(61,62)63/h4-21H,1-3H3. The molecule has 0 aromatic heterocycles. The second-order valence-electron chi connectivity index (χ2n) is 14.6. The van der Waals surface area contributed by atoms with E-state index in [0.29, 0.717) is 36.4 Å². The van der Waals surface area contributed by atoms with Gasteiger partial charge in [-0.2, -0.15) is 79.0 Å². The molecule has 0 heterocycles. The molecule has 0 aliphatic heterocycles. The van der Waals surface area contributed by atoms with Crippen molar-refractivity contribution in [3.63, 3.8) is 0 Å². The van der Waals surface area contributed by atoms with Crippen molar-refractivity contribution in [1.29, 1.82) is 0 Å². The Labute approximate surface area is 351 Å². The van der Waals surface area contributed by atoms with Crippen LogP contribution in [0.5, 0.6) is 0 Å². The smallest absolute Gasteiger partial charge is 0.310 e. The molecule has 0 amide bonds. The van der Waals surface area contributed by atoms with Gasteiger partial charge < -0.3 is 4.90 Å². The molecule has 6 aromatic carbocycles. The molecule has 0 spiro atoms. The molecule has 0 saturated carbocycles. The monoisotopic (exact) mass is 923 g/mol. The maximum atomic E-state index is 14.2. The molecule has 6 rings (SSSR count). The molecule has 0 bridgehead atoms. The molecule has 0 aliphatic carbocycles. The molecule has 0 N–H and O–H groups in total. The molecule has 0 atom stereocenters. The predicted molar refractivity (Wildman–Crippen MR) is 202 cm³/mol. The first-order chi connectivity index (χ1) is 29.3. The molecule has 338 valence electrons. The number of aryl methyl sites for hydroxylation is 3. The molecule has 0 fully saturated rings. The van der Waals surface area contributed by atoms with Gasteiger partial charge in [0.2, 0.25) is 0 Å². The van der Waals surface area contributed by atoms with Crippen molar-refractivity contribution in [1.82, 2.24) is 0 Å². The van der Waals surface area contributed by atoms with Crippen LogP contribution < -0.4 is 4.90 Å². The first-order valence-corrected chi connectivity index (χ1v) is 18.3. The van der Waals surface area contributed by atoms with Gasteiger partial charge in [-0.3, -0.25) is 0 Å². The van der Waals surface area contributed by atoms with E-state index in [0.717, 1.165) is 18.2 Å². The lowest BCUT2D eigenvalue weighted by atomic mass is 9.92. The Hall–Kier alpha value is -6.14. The molecule has 1 nitrogen and oxygen atoms in total. The summed E-state index contributed by atoms with van der Waals surface area (Å²) in [6.07, 6.45) is -31.2. The summed E-state index contributed by atoms with van der Waals surface area (Å²) < 4.78 is 249. The summed E-state index contributed by atoms with van der Waals surface area (Å²) in [5.74, 6) is 0. The average molecular weight is 924 g/mol. The third kappa shape index (κ3) is 9.67.